The zero-order valence-electron chi connectivity index (χ0n) is 15.5. The number of amides is 1. The summed E-state index contributed by atoms with van der Waals surface area (Å²) in [7, 11) is 0. The van der Waals surface area contributed by atoms with Crippen LogP contribution in [-0.4, -0.2) is 21.9 Å². The SMILES string of the molecule is Nc1cc(-c2ccccc2)sc1C(=O)N/N=C\c1cnn(Cc2ccccc2)c1. The van der Waals surface area contributed by atoms with Gasteiger partial charge < -0.3 is 5.73 Å². The van der Waals surface area contributed by atoms with Crippen LogP contribution in [0.2, 0.25) is 0 Å². The number of hydrogen-bond acceptors (Lipinski definition) is 5. The van der Waals surface area contributed by atoms with Crippen molar-refractivity contribution in [1.29, 1.82) is 0 Å². The Bertz CT molecular complexity index is 1130. The van der Waals surface area contributed by atoms with Gasteiger partial charge in [0.2, 0.25) is 0 Å². The number of aromatic nitrogens is 2. The molecule has 0 saturated heterocycles. The van der Waals surface area contributed by atoms with Crippen LogP contribution in [0.1, 0.15) is 20.8 Å². The van der Waals surface area contributed by atoms with E-state index in [1.807, 2.05) is 77.6 Å². The first-order valence-electron chi connectivity index (χ1n) is 9.03. The first kappa shape index (κ1) is 18.6. The zero-order chi connectivity index (χ0) is 20.1. The lowest BCUT2D eigenvalue weighted by atomic mass is 10.2. The highest BCUT2D eigenvalue weighted by molar-refractivity contribution is 7.18. The Morgan fingerprint density at radius 3 is 2.62 bits per heavy atom. The minimum Gasteiger partial charge on any atom is -0.397 e. The van der Waals surface area contributed by atoms with Crippen LogP contribution in [0.5, 0.6) is 0 Å². The second kappa shape index (κ2) is 8.53. The predicted molar refractivity (Wildman–Crippen MR) is 117 cm³/mol. The predicted octanol–water partition coefficient (Wildman–Crippen LogP) is 4.01. The Labute approximate surface area is 172 Å². The summed E-state index contributed by atoms with van der Waals surface area (Å²) in [6, 6.07) is 21.7. The molecule has 0 radical (unpaired) electrons. The lowest BCUT2D eigenvalue weighted by Gasteiger charge is -2.00. The second-order valence-corrected chi connectivity index (χ2v) is 7.47. The van der Waals surface area contributed by atoms with Crippen LogP contribution in [0.15, 0.2) is 84.2 Å². The smallest absolute Gasteiger partial charge is 0.283 e. The minimum absolute atomic E-state index is 0.331. The van der Waals surface area contributed by atoms with Crippen molar-refractivity contribution in [3.05, 3.63) is 95.1 Å². The van der Waals surface area contributed by atoms with Gasteiger partial charge in [0.15, 0.2) is 0 Å². The Hall–Kier alpha value is -3.71. The molecule has 2 aromatic carbocycles. The Morgan fingerprint density at radius 2 is 1.86 bits per heavy atom. The van der Waals surface area contributed by atoms with Crippen LogP contribution in [0, 0.1) is 0 Å². The molecule has 29 heavy (non-hydrogen) atoms. The van der Waals surface area contributed by atoms with Crippen molar-refractivity contribution in [2.24, 2.45) is 5.10 Å². The maximum atomic E-state index is 12.4. The van der Waals surface area contributed by atoms with Crippen molar-refractivity contribution in [2.75, 3.05) is 5.73 Å². The molecule has 3 N–H and O–H groups in total. The number of benzene rings is 2. The average molecular weight is 401 g/mol. The first-order valence-corrected chi connectivity index (χ1v) is 9.85. The monoisotopic (exact) mass is 401 g/mol. The molecule has 0 aliphatic carbocycles. The van der Waals surface area contributed by atoms with Crippen LogP contribution >= 0.6 is 11.3 Å². The first-order chi connectivity index (χ1) is 14.2. The van der Waals surface area contributed by atoms with Crippen molar-refractivity contribution < 1.29 is 4.79 Å². The lowest BCUT2D eigenvalue weighted by molar-refractivity contribution is 0.0960. The van der Waals surface area contributed by atoms with Gasteiger partial charge in [-0.25, -0.2) is 5.43 Å². The van der Waals surface area contributed by atoms with Gasteiger partial charge in [-0.2, -0.15) is 10.2 Å². The van der Waals surface area contributed by atoms with Crippen LogP contribution in [0.4, 0.5) is 5.69 Å². The summed E-state index contributed by atoms with van der Waals surface area (Å²) in [4.78, 5) is 13.8. The number of rotatable bonds is 6. The molecule has 0 aliphatic heterocycles. The molecule has 0 aliphatic rings. The van der Waals surface area contributed by atoms with Gasteiger partial charge in [-0.1, -0.05) is 60.7 Å². The maximum absolute atomic E-state index is 12.4. The normalized spacial score (nSPS) is 11.0. The topological polar surface area (TPSA) is 85.3 Å². The molecule has 1 amide bonds. The number of hydrogen-bond donors (Lipinski definition) is 2. The molecule has 6 nitrogen and oxygen atoms in total. The molecule has 2 heterocycles. The van der Waals surface area contributed by atoms with E-state index in [1.165, 1.54) is 11.3 Å². The molecule has 0 bridgehead atoms. The number of anilines is 1. The highest BCUT2D eigenvalue weighted by atomic mass is 32.1. The van der Waals surface area contributed by atoms with Crippen LogP contribution in [-0.2, 0) is 6.54 Å². The van der Waals surface area contributed by atoms with E-state index in [2.05, 4.69) is 15.6 Å². The number of thiophene rings is 1. The van der Waals surface area contributed by atoms with Crippen LogP contribution < -0.4 is 11.2 Å². The zero-order valence-corrected chi connectivity index (χ0v) is 16.3. The standard InChI is InChI=1S/C22H19N5OS/c23-19-11-20(18-9-5-2-6-10-18)29-21(19)22(28)26-24-12-17-13-25-27(15-17)14-16-7-3-1-4-8-16/h1-13,15H,14,23H2,(H,26,28)/b24-12-. The van der Waals surface area contributed by atoms with E-state index in [1.54, 1.807) is 12.4 Å². The van der Waals surface area contributed by atoms with E-state index in [0.29, 0.717) is 17.1 Å². The molecular weight excluding hydrogens is 382 g/mol. The number of nitrogens with two attached hydrogens (primary N) is 1. The molecule has 0 spiro atoms. The van der Waals surface area contributed by atoms with Gasteiger partial charge in [-0.3, -0.25) is 9.48 Å². The summed E-state index contributed by atoms with van der Waals surface area (Å²) in [5.41, 5.74) is 12.0. The Kier molecular flexibility index (Phi) is 5.49. The van der Waals surface area contributed by atoms with Crippen molar-refractivity contribution in [2.45, 2.75) is 6.54 Å². The largest absolute Gasteiger partial charge is 0.397 e. The van der Waals surface area contributed by atoms with Gasteiger partial charge in [0, 0.05) is 16.6 Å². The van der Waals surface area contributed by atoms with Crippen molar-refractivity contribution in [1.82, 2.24) is 15.2 Å². The quantitative estimate of drug-likeness (QED) is 0.378. The fraction of sp³-hybridized carbons (Fsp3) is 0.0455. The van der Waals surface area contributed by atoms with Crippen LogP contribution in [0.25, 0.3) is 10.4 Å². The number of nitrogens with one attached hydrogen (secondary N) is 1. The summed E-state index contributed by atoms with van der Waals surface area (Å²) < 4.78 is 1.82. The Balaban J connectivity index is 1.39. The second-order valence-electron chi connectivity index (χ2n) is 6.42. The average Bonchev–Trinajstić information content (AvgIpc) is 3.36. The molecule has 144 valence electrons. The van der Waals surface area contributed by atoms with Gasteiger partial charge in [0.25, 0.3) is 5.91 Å². The molecule has 7 heteroatoms. The van der Waals surface area contributed by atoms with E-state index in [0.717, 1.165) is 21.6 Å². The number of hydrazone groups is 1. The van der Waals surface area contributed by atoms with Gasteiger partial charge in [0.05, 0.1) is 24.6 Å². The third kappa shape index (κ3) is 4.59. The van der Waals surface area contributed by atoms with Crippen molar-refractivity contribution in [3.8, 4) is 10.4 Å². The van der Waals surface area contributed by atoms with Crippen molar-refractivity contribution >= 4 is 29.1 Å². The summed E-state index contributed by atoms with van der Waals surface area (Å²) in [6.45, 7) is 0.676. The summed E-state index contributed by atoms with van der Waals surface area (Å²) in [6.07, 6.45) is 5.13. The molecule has 4 rings (SSSR count). The molecule has 0 fully saturated rings. The number of nitrogens with zero attached hydrogens (tertiary/aromatic N) is 3. The fourth-order valence-corrected chi connectivity index (χ4v) is 3.82. The summed E-state index contributed by atoms with van der Waals surface area (Å²) in [5.74, 6) is -0.331. The molecular formula is C22H19N5OS. The molecule has 0 atom stereocenters. The van der Waals surface area contributed by atoms with E-state index < -0.39 is 0 Å². The third-order valence-electron chi connectivity index (χ3n) is 4.25. The molecule has 0 unspecified atom stereocenters. The van der Waals surface area contributed by atoms with E-state index in [4.69, 9.17) is 5.73 Å². The van der Waals surface area contributed by atoms with E-state index in [9.17, 15) is 4.79 Å². The summed E-state index contributed by atoms with van der Waals surface area (Å²) in [5, 5.41) is 8.35. The lowest BCUT2D eigenvalue weighted by Crippen LogP contribution is -2.17. The highest BCUT2D eigenvalue weighted by Crippen LogP contribution is 2.32. The van der Waals surface area contributed by atoms with Gasteiger partial charge in [-0.05, 0) is 17.2 Å². The summed E-state index contributed by atoms with van der Waals surface area (Å²) >= 11 is 1.34. The highest BCUT2D eigenvalue weighted by Gasteiger charge is 2.14. The van der Waals surface area contributed by atoms with Crippen molar-refractivity contribution in [3.63, 3.8) is 0 Å². The molecule has 2 aromatic heterocycles. The fourth-order valence-electron chi connectivity index (χ4n) is 2.85. The number of carbonyl (C=O) groups excluding carboxylic acids is 1. The number of nitrogen functional groups attached to an aromatic ring is 1. The third-order valence-corrected chi connectivity index (χ3v) is 5.44. The van der Waals surface area contributed by atoms with Gasteiger partial charge in [0.1, 0.15) is 4.88 Å². The van der Waals surface area contributed by atoms with Crippen LogP contribution in [0.3, 0.4) is 0 Å². The van der Waals surface area contributed by atoms with Gasteiger partial charge >= 0.3 is 0 Å². The minimum atomic E-state index is -0.331. The molecule has 4 aromatic rings. The maximum Gasteiger partial charge on any atom is 0.283 e. The van der Waals surface area contributed by atoms with E-state index in [-0.39, 0.29) is 5.91 Å². The van der Waals surface area contributed by atoms with E-state index >= 15 is 0 Å². The Morgan fingerprint density at radius 1 is 1.14 bits per heavy atom. The number of carbonyl (C=O) groups is 1. The molecule has 0 saturated carbocycles. The van der Waals surface area contributed by atoms with Gasteiger partial charge in [-0.15, -0.1) is 11.3 Å².